The second kappa shape index (κ2) is 6.43. The van der Waals surface area contributed by atoms with E-state index >= 15 is 0 Å². The third-order valence-corrected chi connectivity index (χ3v) is 4.91. The van der Waals surface area contributed by atoms with Crippen LogP contribution in [0.1, 0.15) is 56.9 Å². The molecule has 6 heteroatoms. The van der Waals surface area contributed by atoms with Gasteiger partial charge in [0, 0.05) is 19.7 Å². The average molecular weight is 321 g/mol. The van der Waals surface area contributed by atoms with E-state index in [1.165, 1.54) is 19.2 Å². The Morgan fingerprint density at radius 3 is 2.52 bits per heavy atom. The summed E-state index contributed by atoms with van der Waals surface area (Å²) in [4.78, 5) is 23.4. The molecular formula is C17H27N3O3. The topological polar surface area (TPSA) is 84.2 Å². The Balaban J connectivity index is 1.91. The van der Waals surface area contributed by atoms with Crippen molar-refractivity contribution in [3.63, 3.8) is 0 Å². The molecule has 1 aliphatic carbocycles. The van der Waals surface area contributed by atoms with Crippen LogP contribution in [0.5, 0.6) is 0 Å². The number of carbonyl (C=O) groups is 1. The van der Waals surface area contributed by atoms with Crippen LogP contribution in [0.2, 0.25) is 0 Å². The lowest BCUT2D eigenvalue weighted by atomic mass is 9.68. The van der Waals surface area contributed by atoms with Crippen molar-refractivity contribution in [2.45, 2.75) is 52.1 Å². The third-order valence-electron chi connectivity index (χ3n) is 4.91. The summed E-state index contributed by atoms with van der Waals surface area (Å²) in [6.45, 7) is 6.91. The standard InChI is InChI=1S/C17H27N3O3/c1-16(2,3)12-7-9-17(23,10-8-12)11-18-15(22)13-5-6-14(21)20(4)19-13/h5-6,12,23H,7-11H2,1-4H3,(H,18,22). The summed E-state index contributed by atoms with van der Waals surface area (Å²) in [5, 5.41) is 17.3. The van der Waals surface area contributed by atoms with Gasteiger partial charge in [0.1, 0.15) is 5.69 Å². The molecule has 0 spiro atoms. The van der Waals surface area contributed by atoms with E-state index in [9.17, 15) is 14.7 Å². The van der Waals surface area contributed by atoms with Crippen LogP contribution in [-0.4, -0.2) is 32.9 Å². The minimum absolute atomic E-state index is 0.180. The van der Waals surface area contributed by atoms with Crippen LogP contribution in [0.4, 0.5) is 0 Å². The lowest BCUT2D eigenvalue weighted by Crippen LogP contribution is -2.46. The Morgan fingerprint density at radius 2 is 2.00 bits per heavy atom. The predicted molar refractivity (Wildman–Crippen MR) is 88.2 cm³/mol. The van der Waals surface area contributed by atoms with E-state index in [1.54, 1.807) is 0 Å². The van der Waals surface area contributed by atoms with Gasteiger partial charge in [-0.25, -0.2) is 4.68 Å². The summed E-state index contributed by atoms with van der Waals surface area (Å²) in [7, 11) is 1.50. The number of nitrogens with zero attached hydrogens (tertiary/aromatic N) is 2. The number of aryl methyl sites for hydroxylation is 1. The Bertz CT molecular complexity index is 623. The molecule has 1 aromatic heterocycles. The van der Waals surface area contributed by atoms with Crippen molar-refractivity contribution in [2.24, 2.45) is 18.4 Å². The smallest absolute Gasteiger partial charge is 0.271 e. The van der Waals surface area contributed by atoms with Gasteiger partial charge in [0.25, 0.3) is 11.5 Å². The molecule has 1 heterocycles. The fraction of sp³-hybridized carbons (Fsp3) is 0.706. The van der Waals surface area contributed by atoms with Gasteiger partial charge in [0.15, 0.2) is 0 Å². The van der Waals surface area contributed by atoms with Crippen molar-refractivity contribution in [1.29, 1.82) is 0 Å². The first-order valence-corrected chi connectivity index (χ1v) is 8.16. The Morgan fingerprint density at radius 1 is 1.39 bits per heavy atom. The van der Waals surface area contributed by atoms with Crippen LogP contribution in [0, 0.1) is 11.3 Å². The molecular weight excluding hydrogens is 294 g/mol. The molecule has 6 nitrogen and oxygen atoms in total. The molecule has 23 heavy (non-hydrogen) atoms. The molecule has 0 aliphatic heterocycles. The third kappa shape index (κ3) is 4.41. The summed E-state index contributed by atoms with van der Waals surface area (Å²) in [6.07, 6.45) is 3.31. The largest absolute Gasteiger partial charge is 0.388 e. The van der Waals surface area contributed by atoms with E-state index < -0.39 is 5.60 Å². The second-order valence-corrected chi connectivity index (χ2v) is 7.73. The fourth-order valence-corrected chi connectivity index (χ4v) is 3.16. The van der Waals surface area contributed by atoms with Gasteiger partial charge in [-0.15, -0.1) is 0 Å². The molecule has 1 aromatic rings. The molecule has 1 aliphatic rings. The number of nitrogens with one attached hydrogen (secondary N) is 1. The Labute approximate surface area is 136 Å². The number of rotatable bonds is 3. The summed E-state index contributed by atoms with van der Waals surface area (Å²) in [5.41, 5.74) is -0.679. The maximum atomic E-state index is 12.1. The summed E-state index contributed by atoms with van der Waals surface area (Å²) < 4.78 is 1.12. The second-order valence-electron chi connectivity index (χ2n) is 7.73. The van der Waals surface area contributed by atoms with Crippen molar-refractivity contribution in [3.05, 3.63) is 28.2 Å². The van der Waals surface area contributed by atoms with Crippen LogP contribution in [0.25, 0.3) is 0 Å². The Kier molecular flexibility index (Phi) is 4.94. The molecule has 2 rings (SSSR count). The molecule has 1 fully saturated rings. The van der Waals surface area contributed by atoms with E-state index in [1.807, 2.05) is 0 Å². The van der Waals surface area contributed by atoms with E-state index in [-0.39, 0.29) is 29.1 Å². The average Bonchev–Trinajstić information content (AvgIpc) is 2.47. The molecule has 0 unspecified atom stereocenters. The molecule has 128 valence electrons. The quantitative estimate of drug-likeness (QED) is 0.883. The highest BCUT2D eigenvalue weighted by Gasteiger charge is 2.37. The van der Waals surface area contributed by atoms with Crippen molar-refractivity contribution < 1.29 is 9.90 Å². The normalized spacial score (nSPS) is 25.2. The molecule has 0 saturated heterocycles. The summed E-state index contributed by atoms with van der Waals surface area (Å²) >= 11 is 0. The number of carbonyl (C=O) groups excluding carboxylic acids is 1. The molecule has 0 atom stereocenters. The number of hydrogen-bond donors (Lipinski definition) is 2. The number of aliphatic hydroxyl groups is 1. The van der Waals surface area contributed by atoms with Crippen LogP contribution < -0.4 is 10.9 Å². The van der Waals surface area contributed by atoms with Gasteiger partial charge in [-0.2, -0.15) is 5.10 Å². The van der Waals surface area contributed by atoms with Gasteiger partial charge in [-0.05, 0) is 43.1 Å². The Hall–Kier alpha value is -1.69. The van der Waals surface area contributed by atoms with Crippen LogP contribution in [0.3, 0.4) is 0 Å². The fourth-order valence-electron chi connectivity index (χ4n) is 3.16. The van der Waals surface area contributed by atoms with Crippen LogP contribution >= 0.6 is 0 Å². The lowest BCUT2D eigenvalue weighted by molar-refractivity contribution is -0.0229. The van der Waals surface area contributed by atoms with Crippen LogP contribution in [0.15, 0.2) is 16.9 Å². The maximum absolute atomic E-state index is 12.1. The SMILES string of the molecule is Cn1nc(C(=O)NCC2(O)CCC(C(C)(C)C)CC2)ccc1=O. The molecule has 2 N–H and O–H groups in total. The van der Waals surface area contributed by atoms with Crippen molar-refractivity contribution >= 4 is 5.91 Å². The van der Waals surface area contributed by atoms with Crippen molar-refractivity contribution in [3.8, 4) is 0 Å². The molecule has 1 amide bonds. The van der Waals surface area contributed by atoms with Gasteiger partial charge in [0.05, 0.1) is 5.60 Å². The van der Waals surface area contributed by atoms with Crippen LogP contribution in [-0.2, 0) is 7.05 Å². The molecule has 1 saturated carbocycles. The zero-order valence-corrected chi connectivity index (χ0v) is 14.4. The van der Waals surface area contributed by atoms with Gasteiger partial charge < -0.3 is 10.4 Å². The zero-order valence-electron chi connectivity index (χ0n) is 14.4. The van der Waals surface area contributed by atoms with Crippen molar-refractivity contribution in [1.82, 2.24) is 15.1 Å². The molecule has 0 radical (unpaired) electrons. The first-order valence-electron chi connectivity index (χ1n) is 8.16. The van der Waals surface area contributed by atoms with Gasteiger partial charge in [0.2, 0.25) is 0 Å². The first-order chi connectivity index (χ1) is 10.6. The first kappa shape index (κ1) is 17.7. The monoisotopic (exact) mass is 321 g/mol. The minimum atomic E-state index is -0.849. The van der Waals surface area contributed by atoms with E-state index in [2.05, 4.69) is 31.2 Å². The minimum Gasteiger partial charge on any atom is -0.388 e. The molecule has 0 bridgehead atoms. The molecule has 0 aromatic carbocycles. The maximum Gasteiger partial charge on any atom is 0.271 e. The van der Waals surface area contributed by atoms with E-state index in [0.29, 0.717) is 18.8 Å². The van der Waals surface area contributed by atoms with Gasteiger partial charge in [-0.1, -0.05) is 20.8 Å². The van der Waals surface area contributed by atoms with E-state index in [0.717, 1.165) is 17.5 Å². The highest BCUT2D eigenvalue weighted by molar-refractivity contribution is 5.92. The van der Waals surface area contributed by atoms with E-state index in [4.69, 9.17) is 0 Å². The van der Waals surface area contributed by atoms with Gasteiger partial charge in [-0.3, -0.25) is 9.59 Å². The summed E-state index contributed by atoms with van der Waals surface area (Å²) in [6, 6.07) is 2.71. The summed E-state index contributed by atoms with van der Waals surface area (Å²) in [5.74, 6) is 0.232. The highest BCUT2D eigenvalue weighted by atomic mass is 16.3. The van der Waals surface area contributed by atoms with Gasteiger partial charge >= 0.3 is 0 Å². The number of amides is 1. The zero-order chi connectivity index (χ0) is 17.3. The predicted octanol–water partition coefficient (Wildman–Crippen LogP) is 1.48. The lowest BCUT2D eigenvalue weighted by Gasteiger charge is -2.41. The number of aromatic nitrogens is 2. The highest BCUT2D eigenvalue weighted by Crippen LogP contribution is 2.41. The van der Waals surface area contributed by atoms with Crippen molar-refractivity contribution in [2.75, 3.05) is 6.54 Å². The number of hydrogen-bond acceptors (Lipinski definition) is 4.